The van der Waals surface area contributed by atoms with E-state index in [2.05, 4.69) is 14.8 Å². The van der Waals surface area contributed by atoms with E-state index in [0.29, 0.717) is 18.7 Å². The van der Waals surface area contributed by atoms with Crippen molar-refractivity contribution in [2.24, 2.45) is 5.73 Å². The molecule has 0 fully saturated rings. The highest BCUT2D eigenvalue weighted by Crippen LogP contribution is 2.26. The van der Waals surface area contributed by atoms with Crippen LogP contribution >= 0.6 is 11.6 Å². The van der Waals surface area contributed by atoms with E-state index in [-0.39, 0.29) is 24.1 Å². The van der Waals surface area contributed by atoms with Gasteiger partial charge in [-0.3, -0.25) is 9.78 Å². The second-order valence-corrected chi connectivity index (χ2v) is 5.23. The quantitative estimate of drug-likeness (QED) is 0.770. The summed E-state index contributed by atoms with van der Waals surface area (Å²) in [6, 6.07) is 3.62. The number of aromatic nitrogens is 3. The summed E-state index contributed by atoms with van der Waals surface area (Å²) in [5, 5.41) is 4.44. The van der Waals surface area contributed by atoms with Crippen LogP contribution in [0.3, 0.4) is 0 Å². The molecule has 9 heteroatoms. The van der Waals surface area contributed by atoms with Gasteiger partial charge in [-0.1, -0.05) is 11.6 Å². The topological polar surface area (TPSA) is 103 Å². The number of primary amides is 1. The molecule has 128 valence electrons. The Balaban J connectivity index is 2.08. The summed E-state index contributed by atoms with van der Waals surface area (Å²) < 4.78 is 6.18. The zero-order valence-corrected chi connectivity index (χ0v) is 13.9. The summed E-state index contributed by atoms with van der Waals surface area (Å²) in [5.74, 6) is -0.141. The minimum absolute atomic E-state index is 0.0985. The molecule has 2 heterocycles. The molecular formula is C15H18ClN5O3. The Labute approximate surface area is 144 Å². The van der Waals surface area contributed by atoms with Crippen LogP contribution in [0, 0.1) is 0 Å². The normalized spacial score (nSPS) is 10.4. The molecule has 0 unspecified atom stereocenters. The molecule has 0 atom stereocenters. The number of carbonyl (C=O) groups excluding carboxylic acids is 2. The molecule has 0 spiro atoms. The van der Waals surface area contributed by atoms with Crippen LogP contribution in [0.25, 0.3) is 5.69 Å². The first-order valence-corrected chi connectivity index (χ1v) is 7.79. The molecule has 2 aromatic rings. The van der Waals surface area contributed by atoms with Gasteiger partial charge in [-0.05, 0) is 25.5 Å². The van der Waals surface area contributed by atoms with Crippen LogP contribution in [0.5, 0.6) is 0 Å². The highest BCUT2D eigenvalue weighted by Gasteiger charge is 2.20. The van der Waals surface area contributed by atoms with Gasteiger partial charge in [0.2, 0.25) is 5.91 Å². The third kappa shape index (κ3) is 4.45. The van der Waals surface area contributed by atoms with Crippen LogP contribution in [-0.2, 0) is 9.53 Å². The van der Waals surface area contributed by atoms with Crippen molar-refractivity contribution in [3.8, 4) is 5.69 Å². The Hall–Kier alpha value is -2.61. The molecule has 2 aromatic heterocycles. The predicted molar refractivity (Wildman–Crippen MR) is 89.2 cm³/mol. The fourth-order valence-corrected chi connectivity index (χ4v) is 2.39. The van der Waals surface area contributed by atoms with Crippen LogP contribution in [0.4, 0.5) is 10.5 Å². The van der Waals surface area contributed by atoms with Gasteiger partial charge in [-0.25, -0.2) is 9.48 Å². The van der Waals surface area contributed by atoms with Crippen molar-refractivity contribution < 1.29 is 14.3 Å². The lowest BCUT2D eigenvalue weighted by Gasteiger charge is -2.19. The van der Waals surface area contributed by atoms with E-state index in [1.165, 1.54) is 4.90 Å². The van der Waals surface area contributed by atoms with Gasteiger partial charge in [0.25, 0.3) is 0 Å². The number of halogens is 1. The first-order chi connectivity index (χ1) is 11.5. The number of hydrogen-bond acceptors (Lipinski definition) is 5. The first-order valence-electron chi connectivity index (χ1n) is 7.41. The lowest BCUT2D eigenvalue weighted by molar-refractivity contribution is -0.118. The Kier molecular flexibility index (Phi) is 6.14. The molecule has 0 aliphatic heterocycles. The maximum atomic E-state index is 12.4. The first kappa shape index (κ1) is 17.7. The van der Waals surface area contributed by atoms with Crippen LogP contribution in [0.2, 0.25) is 5.15 Å². The number of rotatable bonds is 7. The van der Waals surface area contributed by atoms with Crippen LogP contribution in [-0.4, -0.2) is 39.9 Å². The second kappa shape index (κ2) is 8.30. The van der Waals surface area contributed by atoms with E-state index in [1.54, 1.807) is 29.3 Å². The zero-order chi connectivity index (χ0) is 17.5. The molecule has 24 heavy (non-hydrogen) atoms. The summed E-state index contributed by atoms with van der Waals surface area (Å²) >= 11 is 6.18. The molecular weight excluding hydrogens is 334 g/mol. The summed E-state index contributed by atoms with van der Waals surface area (Å²) in [6.45, 7) is 2.38. The zero-order valence-electron chi connectivity index (χ0n) is 13.2. The molecule has 0 aliphatic carbocycles. The third-order valence-corrected chi connectivity index (χ3v) is 3.52. The fraction of sp³-hybridized carbons (Fsp3) is 0.333. The molecule has 0 saturated heterocycles. The minimum Gasteiger partial charge on any atom is -0.450 e. The average molecular weight is 352 g/mol. The van der Waals surface area contributed by atoms with E-state index >= 15 is 0 Å². The maximum Gasteiger partial charge on any atom is 0.404 e. The van der Waals surface area contributed by atoms with Crippen molar-refractivity contribution in [2.75, 3.05) is 18.1 Å². The van der Waals surface area contributed by atoms with E-state index < -0.39 is 6.09 Å². The Bertz CT molecular complexity index is 704. The van der Waals surface area contributed by atoms with Crippen molar-refractivity contribution in [3.63, 3.8) is 0 Å². The van der Waals surface area contributed by atoms with Gasteiger partial charge in [-0.2, -0.15) is 5.10 Å². The highest BCUT2D eigenvalue weighted by molar-refractivity contribution is 6.32. The molecule has 0 bridgehead atoms. The second-order valence-electron chi connectivity index (χ2n) is 4.87. The van der Waals surface area contributed by atoms with Gasteiger partial charge in [0.1, 0.15) is 5.69 Å². The molecule has 8 nitrogen and oxygen atoms in total. The van der Waals surface area contributed by atoms with E-state index in [1.807, 2.05) is 13.0 Å². The van der Waals surface area contributed by atoms with E-state index in [9.17, 15) is 9.59 Å². The predicted octanol–water partition coefficient (Wildman–Crippen LogP) is 2.15. The van der Waals surface area contributed by atoms with Gasteiger partial charge in [0.15, 0.2) is 5.15 Å². The van der Waals surface area contributed by atoms with Gasteiger partial charge in [0.05, 0.1) is 24.7 Å². The number of carbonyl (C=O) groups is 2. The number of nitrogens with zero attached hydrogens (tertiary/aromatic N) is 4. The number of pyridine rings is 1. The molecule has 0 aromatic carbocycles. The summed E-state index contributed by atoms with van der Waals surface area (Å²) in [5.41, 5.74) is 6.13. The SMILES string of the molecule is CCN(C(=O)CCCOC(N)=O)c1cn(-c2cccnc2)nc1Cl. The maximum absolute atomic E-state index is 12.4. The van der Waals surface area contributed by atoms with Crippen molar-refractivity contribution >= 4 is 29.3 Å². The summed E-state index contributed by atoms with van der Waals surface area (Å²) in [6.07, 6.45) is 4.72. The minimum atomic E-state index is -0.851. The van der Waals surface area contributed by atoms with Crippen molar-refractivity contribution in [2.45, 2.75) is 19.8 Å². The van der Waals surface area contributed by atoms with Gasteiger partial charge in [-0.15, -0.1) is 0 Å². The number of ether oxygens (including phenoxy) is 1. The van der Waals surface area contributed by atoms with Crippen molar-refractivity contribution in [3.05, 3.63) is 35.9 Å². The smallest absolute Gasteiger partial charge is 0.404 e. The number of amides is 2. The fourth-order valence-electron chi connectivity index (χ4n) is 2.16. The molecule has 2 N–H and O–H groups in total. The van der Waals surface area contributed by atoms with E-state index in [0.717, 1.165) is 5.69 Å². The lowest BCUT2D eigenvalue weighted by atomic mass is 10.2. The lowest BCUT2D eigenvalue weighted by Crippen LogP contribution is -2.30. The van der Waals surface area contributed by atoms with Crippen LogP contribution < -0.4 is 10.6 Å². The van der Waals surface area contributed by atoms with E-state index in [4.69, 9.17) is 17.3 Å². The van der Waals surface area contributed by atoms with Crippen LogP contribution in [0.15, 0.2) is 30.7 Å². The average Bonchev–Trinajstić information content (AvgIpc) is 2.95. The summed E-state index contributed by atoms with van der Waals surface area (Å²) in [4.78, 5) is 28.4. The molecule has 2 amide bonds. The van der Waals surface area contributed by atoms with Crippen LogP contribution in [0.1, 0.15) is 19.8 Å². The Morgan fingerprint density at radius 3 is 2.88 bits per heavy atom. The monoisotopic (exact) mass is 351 g/mol. The van der Waals surface area contributed by atoms with Gasteiger partial charge >= 0.3 is 6.09 Å². The molecule has 0 saturated carbocycles. The Morgan fingerprint density at radius 1 is 1.46 bits per heavy atom. The van der Waals surface area contributed by atoms with Gasteiger partial charge in [0, 0.05) is 19.2 Å². The Morgan fingerprint density at radius 2 is 2.25 bits per heavy atom. The van der Waals surface area contributed by atoms with Gasteiger partial charge < -0.3 is 15.4 Å². The number of hydrogen-bond donors (Lipinski definition) is 1. The molecule has 0 aliphatic rings. The largest absolute Gasteiger partial charge is 0.450 e. The van der Waals surface area contributed by atoms with Crippen molar-refractivity contribution in [1.82, 2.24) is 14.8 Å². The highest BCUT2D eigenvalue weighted by atomic mass is 35.5. The molecule has 0 radical (unpaired) electrons. The standard InChI is InChI=1S/C15H18ClN5O3/c1-2-20(13(22)6-4-8-24-15(17)23)12-10-21(19-14(12)16)11-5-3-7-18-9-11/h3,5,7,9-10H,2,4,6,8H2,1H3,(H2,17,23). The molecule has 2 rings (SSSR count). The number of anilines is 1. The third-order valence-electron chi connectivity index (χ3n) is 3.25. The summed E-state index contributed by atoms with van der Waals surface area (Å²) in [7, 11) is 0. The van der Waals surface area contributed by atoms with Crippen molar-refractivity contribution in [1.29, 1.82) is 0 Å². The number of nitrogens with two attached hydrogens (primary N) is 1.